The second kappa shape index (κ2) is 5.49. The largest absolute Gasteiger partial charge is 0.361 e. The second-order valence-corrected chi connectivity index (χ2v) is 6.06. The van der Waals surface area contributed by atoms with Crippen LogP contribution in [0.1, 0.15) is 5.56 Å². The van der Waals surface area contributed by atoms with Gasteiger partial charge >= 0.3 is 0 Å². The van der Waals surface area contributed by atoms with Gasteiger partial charge in [0.05, 0.1) is 10.0 Å². The predicted octanol–water partition coefficient (Wildman–Crippen LogP) is 5.77. The lowest BCUT2D eigenvalue weighted by atomic mass is 10.2. The molecular weight excluding hydrogens is 297 g/mol. The summed E-state index contributed by atoms with van der Waals surface area (Å²) < 4.78 is 0. The van der Waals surface area contributed by atoms with Gasteiger partial charge in [0.15, 0.2) is 0 Å². The minimum absolute atomic E-state index is 0.600. The third kappa shape index (κ3) is 2.76. The molecule has 1 nitrogen and oxygen atoms in total. The van der Waals surface area contributed by atoms with Crippen LogP contribution in [0.3, 0.4) is 0 Å². The number of aromatic nitrogens is 1. The normalized spacial score (nSPS) is 11.1. The zero-order chi connectivity index (χ0) is 13.2. The Kier molecular flexibility index (Phi) is 3.74. The van der Waals surface area contributed by atoms with E-state index in [1.165, 1.54) is 21.4 Å². The molecule has 0 aliphatic carbocycles. The number of rotatable bonds is 3. The second-order valence-electron chi connectivity index (χ2n) is 4.23. The maximum absolute atomic E-state index is 6.03. The first kappa shape index (κ1) is 12.9. The third-order valence-corrected chi connectivity index (χ3v) is 4.82. The van der Waals surface area contributed by atoms with Crippen molar-refractivity contribution in [2.75, 3.05) is 0 Å². The zero-order valence-electron chi connectivity index (χ0n) is 9.99. The summed E-state index contributed by atoms with van der Waals surface area (Å²) in [6.45, 7) is 0. The van der Waals surface area contributed by atoms with Crippen molar-refractivity contribution in [2.24, 2.45) is 0 Å². The smallest absolute Gasteiger partial charge is 0.0595 e. The summed E-state index contributed by atoms with van der Waals surface area (Å²) in [4.78, 5) is 4.49. The van der Waals surface area contributed by atoms with E-state index in [1.807, 2.05) is 24.4 Å². The molecule has 19 heavy (non-hydrogen) atoms. The van der Waals surface area contributed by atoms with Crippen molar-refractivity contribution in [2.45, 2.75) is 10.6 Å². The summed E-state index contributed by atoms with van der Waals surface area (Å²) in [7, 11) is 0. The van der Waals surface area contributed by atoms with E-state index in [0.717, 1.165) is 5.75 Å². The molecule has 0 unspecified atom stereocenters. The van der Waals surface area contributed by atoms with Crippen LogP contribution in [0.15, 0.2) is 53.6 Å². The molecule has 0 aliphatic rings. The number of hydrogen-bond acceptors (Lipinski definition) is 1. The number of thioether (sulfide) groups is 1. The summed E-state index contributed by atoms with van der Waals surface area (Å²) in [6.07, 6.45) is 1.97. The van der Waals surface area contributed by atoms with E-state index in [4.69, 9.17) is 23.2 Å². The molecule has 0 saturated carbocycles. The highest BCUT2D eigenvalue weighted by Crippen LogP contribution is 2.31. The average Bonchev–Trinajstić information content (AvgIpc) is 2.89. The Bertz CT molecular complexity index is 721. The number of hydrogen-bond donors (Lipinski definition) is 1. The average molecular weight is 308 g/mol. The lowest BCUT2D eigenvalue weighted by Gasteiger charge is -2.05. The fraction of sp³-hybridized carbons (Fsp3) is 0.0667. The van der Waals surface area contributed by atoms with Gasteiger partial charge in [0.2, 0.25) is 0 Å². The van der Waals surface area contributed by atoms with Crippen molar-refractivity contribution in [1.82, 2.24) is 4.98 Å². The fourth-order valence-corrected chi connectivity index (χ4v) is 3.30. The van der Waals surface area contributed by atoms with Gasteiger partial charge in [0, 0.05) is 27.7 Å². The van der Waals surface area contributed by atoms with Crippen molar-refractivity contribution in [3.63, 3.8) is 0 Å². The fourth-order valence-electron chi connectivity index (χ4n) is 1.97. The van der Waals surface area contributed by atoms with Gasteiger partial charge in [-0.2, -0.15) is 0 Å². The highest BCUT2D eigenvalue weighted by atomic mass is 35.5. The molecule has 3 aromatic rings. The number of fused-ring (bicyclic) bond motifs is 1. The van der Waals surface area contributed by atoms with Crippen LogP contribution in [0.25, 0.3) is 10.9 Å². The molecule has 0 aliphatic heterocycles. The Labute approximate surface area is 125 Å². The Hall–Kier alpha value is -1.09. The first-order valence-electron chi connectivity index (χ1n) is 5.87. The molecule has 1 aromatic heterocycles. The van der Waals surface area contributed by atoms with E-state index in [0.29, 0.717) is 10.0 Å². The molecule has 0 spiro atoms. The van der Waals surface area contributed by atoms with E-state index in [2.05, 4.69) is 29.2 Å². The molecule has 96 valence electrons. The number of nitrogens with one attached hydrogen (secondary N) is 1. The zero-order valence-corrected chi connectivity index (χ0v) is 12.3. The van der Waals surface area contributed by atoms with Gasteiger partial charge in [0.25, 0.3) is 0 Å². The molecule has 0 atom stereocenters. The third-order valence-electron chi connectivity index (χ3n) is 2.93. The molecule has 0 radical (unpaired) electrons. The Morgan fingerprint density at radius 1 is 1.00 bits per heavy atom. The molecule has 0 bridgehead atoms. The van der Waals surface area contributed by atoms with Crippen LogP contribution >= 0.6 is 35.0 Å². The van der Waals surface area contributed by atoms with Crippen molar-refractivity contribution in [1.29, 1.82) is 0 Å². The van der Waals surface area contributed by atoms with Gasteiger partial charge in [-0.1, -0.05) is 35.3 Å². The molecule has 2 aromatic carbocycles. The molecule has 3 rings (SSSR count). The summed E-state index contributed by atoms with van der Waals surface area (Å²) in [5.74, 6) is 0.876. The summed E-state index contributed by atoms with van der Waals surface area (Å²) in [6, 6.07) is 14.2. The van der Waals surface area contributed by atoms with Crippen LogP contribution in [0.4, 0.5) is 0 Å². The number of halogens is 2. The first-order valence-corrected chi connectivity index (χ1v) is 7.61. The molecule has 0 saturated heterocycles. The maximum atomic E-state index is 6.03. The van der Waals surface area contributed by atoms with Crippen molar-refractivity contribution in [3.05, 3.63) is 64.3 Å². The van der Waals surface area contributed by atoms with Crippen LogP contribution in [-0.2, 0) is 5.75 Å². The minimum atomic E-state index is 0.600. The van der Waals surface area contributed by atoms with E-state index in [-0.39, 0.29) is 0 Å². The number of H-pyrrole nitrogens is 1. The van der Waals surface area contributed by atoms with E-state index in [9.17, 15) is 0 Å². The van der Waals surface area contributed by atoms with Crippen LogP contribution in [0.5, 0.6) is 0 Å². The highest BCUT2D eigenvalue weighted by molar-refractivity contribution is 7.98. The van der Waals surface area contributed by atoms with Gasteiger partial charge < -0.3 is 4.98 Å². The molecule has 1 heterocycles. The van der Waals surface area contributed by atoms with Crippen molar-refractivity contribution in [3.8, 4) is 0 Å². The number of benzene rings is 2. The maximum Gasteiger partial charge on any atom is 0.0595 e. The number of aromatic amines is 1. The van der Waals surface area contributed by atoms with Gasteiger partial charge in [-0.15, -0.1) is 11.8 Å². The van der Waals surface area contributed by atoms with E-state index < -0.39 is 0 Å². The topological polar surface area (TPSA) is 15.8 Å². The lowest BCUT2D eigenvalue weighted by Crippen LogP contribution is -1.82. The van der Waals surface area contributed by atoms with Crippen LogP contribution in [-0.4, -0.2) is 4.98 Å². The van der Waals surface area contributed by atoms with Gasteiger partial charge in [-0.25, -0.2) is 0 Å². The molecule has 0 amide bonds. The summed E-state index contributed by atoms with van der Waals surface area (Å²) in [5.41, 5.74) is 2.34. The Morgan fingerprint density at radius 3 is 2.74 bits per heavy atom. The quantitative estimate of drug-likeness (QED) is 0.608. The first-order chi connectivity index (χ1) is 9.24. The summed E-state index contributed by atoms with van der Waals surface area (Å²) >= 11 is 13.7. The van der Waals surface area contributed by atoms with E-state index >= 15 is 0 Å². The monoisotopic (exact) mass is 307 g/mol. The van der Waals surface area contributed by atoms with Gasteiger partial charge in [-0.3, -0.25) is 0 Å². The Morgan fingerprint density at radius 2 is 1.89 bits per heavy atom. The molecular formula is C15H11Cl2NS. The lowest BCUT2D eigenvalue weighted by molar-refractivity contribution is 1.40. The van der Waals surface area contributed by atoms with Crippen LogP contribution in [0, 0.1) is 0 Å². The minimum Gasteiger partial charge on any atom is -0.361 e. The van der Waals surface area contributed by atoms with E-state index in [1.54, 1.807) is 11.8 Å². The molecule has 1 N–H and O–H groups in total. The summed E-state index contributed by atoms with van der Waals surface area (Å²) in [5, 5.41) is 2.47. The van der Waals surface area contributed by atoms with Crippen molar-refractivity contribution < 1.29 is 0 Å². The molecule has 0 fully saturated rings. The van der Waals surface area contributed by atoms with Gasteiger partial charge in [0.1, 0.15) is 0 Å². The Balaban J connectivity index is 1.82. The standard InChI is InChI=1S/C15H11Cl2NS/c16-12-5-4-10(8-13(12)17)9-19-15-3-1-2-14-11(15)6-7-18-14/h1-8,18H,9H2. The van der Waals surface area contributed by atoms with Crippen LogP contribution in [0.2, 0.25) is 10.0 Å². The highest BCUT2D eigenvalue weighted by Gasteiger charge is 2.04. The van der Waals surface area contributed by atoms with Gasteiger partial charge in [-0.05, 0) is 35.9 Å². The predicted molar refractivity (Wildman–Crippen MR) is 84.3 cm³/mol. The SMILES string of the molecule is Clc1ccc(CSc2cccc3[nH]ccc23)cc1Cl. The van der Waals surface area contributed by atoms with Crippen molar-refractivity contribution >= 4 is 45.9 Å². The molecule has 4 heteroatoms. The van der Waals surface area contributed by atoms with Crippen LogP contribution < -0.4 is 0 Å².